The highest BCUT2D eigenvalue weighted by Gasteiger charge is 2.78. The van der Waals surface area contributed by atoms with Gasteiger partial charge < -0.3 is 53.4 Å². The maximum absolute atomic E-state index is 16.0. The summed E-state index contributed by atoms with van der Waals surface area (Å²) in [4.78, 5) is 100. The van der Waals surface area contributed by atoms with Crippen molar-refractivity contribution < 1.29 is 81.7 Å². The molecule has 18 nitrogen and oxygen atoms in total. The predicted octanol–water partition coefficient (Wildman–Crippen LogP) is 10.9. The van der Waals surface area contributed by atoms with E-state index in [0.717, 1.165) is 39.0 Å². The topological polar surface area (TPSA) is 246 Å². The first-order valence-electron chi connectivity index (χ1n) is 29.6. The van der Waals surface area contributed by atoms with Crippen molar-refractivity contribution in [2.45, 2.75) is 213 Å². The van der Waals surface area contributed by atoms with Gasteiger partial charge in [0, 0.05) is 38.0 Å². The lowest BCUT2D eigenvalue weighted by atomic mass is 9.44. The van der Waals surface area contributed by atoms with E-state index in [0.29, 0.717) is 12.0 Å². The number of hydrogen-bond acceptors (Lipinski definition) is 17. The third-order valence-electron chi connectivity index (χ3n) is 16.1. The molecular formula is C67H91NO17. The van der Waals surface area contributed by atoms with Crippen molar-refractivity contribution in [1.29, 1.82) is 0 Å². The van der Waals surface area contributed by atoms with Gasteiger partial charge in [-0.3, -0.25) is 19.2 Å². The van der Waals surface area contributed by atoms with Crippen molar-refractivity contribution in [3.8, 4) is 5.75 Å². The van der Waals surface area contributed by atoms with Crippen molar-refractivity contribution in [1.82, 2.24) is 5.32 Å². The second-order valence-electron chi connectivity index (χ2n) is 24.0. The average molecular weight is 1180 g/mol. The highest BCUT2D eigenvalue weighted by molar-refractivity contribution is 5.96. The fourth-order valence-electron chi connectivity index (χ4n) is 11.8. The molecular weight excluding hydrogens is 1090 g/mol. The van der Waals surface area contributed by atoms with Gasteiger partial charge in [-0.05, 0) is 117 Å². The molecule has 2 saturated carbocycles. The Kier molecular flexibility index (Phi) is 24.7. The zero-order valence-electron chi connectivity index (χ0n) is 51.9. The SMILES string of the molecule is CC/C=C\C/C=C\C/C=C\C/C=C\C/C=C\C/C=C\CCC(=O)O[C@@H](C(=O)O[C@H]1C[C@@]2(O)C(OC(=O)c3ccccc3OC)C3[C@](C)(C(=O)[C@H](OC(=O)CC)C(=C1C)C2(C)C)[C@@H](O)C[C@H]1OC[C@@]31OC(C)=O)[C@H](C=C(C)C)NC(=O)OC(C)(C)C. The molecule has 3 aliphatic carbocycles. The Bertz CT molecular complexity index is 2810. The lowest BCUT2D eigenvalue weighted by Crippen LogP contribution is -2.82. The van der Waals surface area contributed by atoms with Gasteiger partial charge in [0.15, 0.2) is 17.5 Å². The summed E-state index contributed by atoms with van der Waals surface area (Å²) in [6.07, 6.45) is 19.4. The van der Waals surface area contributed by atoms with E-state index in [4.69, 9.17) is 37.9 Å². The van der Waals surface area contributed by atoms with Crippen LogP contribution in [-0.4, -0.2) is 125 Å². The number of Topliss-reactive ketones (excluding diaryl/α,β-unsaturated/α-hetero) is 1. The number of allylic oxidation sites excluding steroid dienone is 13. The molecule has 2 bridgehead atoms. The van der Waals surface area contributed by atoms with Crippen LogP contribution in [0, 0.1) is 16.7 Å². The number of alkyl carbamates (subject to hydrolysis) is 1. The molecule has 1 aromatic carbocycles. The van der Waals surface area contributed by atoms with Crippen molar-refractivity contribution in [3.63, 3.8) is 0 Å². The number of carbonyl (C=O) groups excluding carboxylic acids is 7. The highest BCUT2D eigenvalue weighted by atomic mass is 16.6. The maximum Gasteiger partial charge on any atom is 0.408 e. The molecule has 85 heavy (non-hydrogen) atoms. The fourth-order valence-corrected chi connectivity index (χ4v) is 11.8. The number of fused-ring (bicyclic) bond motifs is 5. The van der Waals surface area contributed by atoms with Crippen LogP contribution in [0.1, 0.15) is 164 Å². The first-order chi connectivity index (χ1) is 40.1. The fraction of sp³-hybridized carbons (Fsp3) is 0.567. The Hall–Kier alpha value is -6.89. The van der Waals surface area contributed by atoms with Crippen molar-refractivity contribution in [2.75, 3.05) is 13.7 Å². The van der Waals surface area contributed by atoms with E-state index in [1.807, 2.05) is 24.3 Å². The number of para-hydroxylation sites is 1. The normalized spacial score (nSPS) is 27.1. The van der Waals surface area contributed by atoms with E-state index in [-0.39, 0.29) is 54.7 Å². The van der Waals surface area contributed by atoms with Gasteiger partial charge in [0.2, 0.25) is 6.10 Å². The van der Waals surface area contributed by atoms with Crippen LogP contribution in [-0.2, 0) is 57.1 Å². The third kappa shape index (κ3) is 16.8. The van der Waals surface area contributed by atoms with E-state index < -0.39 is 124 Å². The molecule has 3 fully saturated rings. The van der Waals surface area contributed by atoms with Crippen molar-refractivity contribution >= 4 is 41.7 Å². The van der Waals surface area contributed by atoms with E-state index in [2.05, 4.69) is 60.8 Å². The van der Waals surface area contributed by atoms with Crippen LogP contribution in [0.4, 0.5) is 4.79 Å². The number of esters is 5. The summed E-state index contributed by atoms with van der Waals surface area (Å²) in [5, 5.41) is 29.1. The van der Waals surface area contributed by atoms with Crippen LogP contribution in [0.15, 0.2) is 120 Å². The summed E-state index contributed by atoms with van der Waals surface area (Å²) < 4.78 is 48.3. The predicted molar refractivity (Wildman–Crippen MR) is 320 cm³/mol. The van der Waals surface area contributed by atoms with Crippen LogP contribution < -0.4 is 10.1 Å². The molecule has 5 rings (SSSR count). The second-order valence-corrected chi connectivity index (χ2v) is 24.0. The van der Waals surface area contributed by atoms with E-state index in [9.17, 15) is 34.2 Å². The summed E-state index contributed by atoms with van der Waals surface area (Å²) >= 11 is 0. The molecule has 1 aromatic rings. The number of nitrogens with one attached hydrogen (secondary N) is 1. The molecule has 466 valence electrons. The Balaban J connectivity index is 1.53. The molecule has 1 amide bonds. The molecule has 1 aliphatic heterocycles. The molecule has 3 N–H and O–H groups in total. The Morgan fingerprint density at radius 2 is 1.39 bits per heavy atom. The molecule has 0 radical (unpaired) electrons. The molecule has 1 heterocycles. The van der Waals surface area contributed by atoms with Gasteiger partial charge in [-0.15, -0.1) is 0 Å². The number of methoxy groups -OCH3 is 1. The van der Waals surface area contributed by atoms with Crippen LogP contribution in [0.5, 0.6) is 5.75 Å². The van der Waals surface area contributed by atoms with Gasteiger partial charge in [0.25, 0.3) is 0 Å². The minimum atomic E-state index is -2.50. The maximum atomic E-state index is 16.0. The molecule has 0 spiro atoms. The number of carbonyl (C=O) groups is 7. The molecule has 11 atom stereocenters. The number of benzene rings is 1. The van der Waals surface area contributed by atoms with E-state index >= 15 is 9.59 Å². The number of hydrogen-bond donors (Lipinski definition) is 3. The summed E-state index contributed by atoms with van der Waals surface area (Å²) in [6, 6.07) is 4.73. The highest BCUT2D eigenvalue weighted by Crippen LogP contribution is 2.64. The minimum Gasteiger partial charge on any atom is -0.496 e. The number of ketones is 1. The molecule has 0 aromatic heterocycles. The summed E-state index contributed by atoms with van der Waals surface area (Å²) in [5.41, 5.74) is -8.63. The largest absolute Gasteiger partial charge is 0.496 e. The second kappa shape index (κ2) is 30.5. The number of rotatable bonds is 26. The van der Waals surface area contributed by atoms with Crippen LogP contribution >= 0.6 is 0 Å². The lowest BCUT2D eigenvalue weighted by molar-refractivity contribution is -0.346. The van der Waals surface area contributed by atoms with Gasteiger partial charge in [-0.25, -0.2) is 14.4 Å². The Labute approximate surface area is 501 Å². The van der Waals surface area contributed by atoms with Gasteiger partial charge in [-0.2, -0.15) is 0 Å². The van der Waals surface area contributed by atoms with Gasteiger partial charge in [0.1, 0.15) is 40.8 Å². The first-order valence-corrected chi connectivity index (χ1v) is 29.6. The molecule has 4 aliphatic rings. The van der Waals surface area contributed by atoms with E-state index in [1.54, 1.807) is 60.6 Å². The number of ether oxygens (including phenoxy) is 8. The van der Waals surface area contributed by atoms with Gasteiger partial charge >= 0.3 is 35.9 Å². The van der Waals surface area contributed by atoms with Gasteiger partial charge in [0.05, 0.1) is 37.2 Å². The summed E-state index contributed by atoms with van der Waals surface area (Å²) in [5.74, 6) is -7.16. The lowest BCUT2D eigenvalue weighted by Gasteiger charge is -2.67. The van der Waals surface area contributed by atoms with Crippen molar-refractivity contribution in [3.05, 3.63) is 126 Å². The number of aliphatic hydroxyl groups is 2. The zero-order chi connectivity index (χ0) is 62.9. The molecule has 18 heteroatoms. The summed E-state index contributed by atoms with van der Waals surface area (Å²) in [7, 11) is 1.35. The monoisotopic (exact) mass is 1180 g/mol. The van der Waals surface area contributed by atoms with E-state index in [1.165, 1.54) is 46.1 Å². The summed E-state index contributed by atoms with van der Waals surface area (Å²) in [6.45, 7) is 18.8. The number of amides is 1. The Morgan fingerprint density at radius 1 is 0.812 bits per heavy atom. The van der Waals surface area contributed by atoms with Crippen LogP contribution in [0.3, 0.4) is 0 Å². The number of aliphatic hydroxyl groups excluding tert-OH is 1. The molecule has 1 saturated heterocycles. The first kappa shape index (κ1) is 68.9. The van der Waals surface area contributed by atoms with Crippen molar-refractivity contribution in [2.24, 2.45) is 16.7 Å². The smallest absolute Gasteiger partial charge is 0.408 e. The minimum absolute atomic E-state index is 0.0396. The third-order valence-corrected chi connectivity index (χ3v) is 16.1. The standard InChI is InChI=1S/C67H91NO17/c1-14-16-17-18-19-20-21-22-23-24-25-26-27-28-29-30-31-32-33-38-53(72)82-55(47(39-43(3)4)68-62(76)85-63(7,8)9)61(75)80-49-41-67(77)59(83-60(74)46-36-34-35-37-48(46)78-13)57-65(12,50(70)40-51-66(57,42-79-51)84-45(6)69)58(73)56(81-52(71)15-2)54(44(49)5)64(67,10)11/h16-17,19-20,22-23,25-26,28-29,31-32,34-37,39,47,49-51,55-57,59,70,77H,14-15,18,21,24,27,30,33,38,40-42H2,1-13H3,(H,68,76)/b17-16-,20-19-,23-22-,26-25-,29-28-,32-31-/t47-,49-,50-,51+,55+,56+,57?,59?,65+,66-,67+/m0/s1. The quantitative estimate of drug-likeness (QED) is 0.0443. The average Bonchev–Trinajstić information content (AvgIpc) is 0.692. The van der Waals surface area contributed by atoms with Gasteiger partial charge in [-0.1, -0.05) is 124 Å². The molecule has 2 unspecified atom stereocenters. The zero-order valence-corrected chi connectivity index (χ0v) is 51.9. The van der Waals surface area contributed by atoms with Crippen LogP contribution in [0.25, 0.3) is 0 Å². The Morgan fingerprint density at radius 3 is 1.91 bits per heavy atom. The van der Waals surface area contributed by atoms with Crippen LogP contribution in [0.2, 0.25) is 0 Å².